The first-order chi connectivity index (χ1) is 12.4. The molecule has 0 radical (unpaired) electrons. The predicted octanol–water partition coefficient (Wildman–Crippen LogP) is 4.77. The molecule has 0 unspecified atom stereocenters. The number of anilines is 1. The normalized spacial score (nSPS) is 16.4. The first-order valence-electron chi connectivity index (χ1n) is 8.96. The van der Waals surface area contributed by atoms with Gasteiger partial charge in [0.25, 0.3) is 5.69 Å². The van der Waals surface area contributed by atoms with E-state index < -0.39 is 22.6 Å². The Bertz CT molecular complexity index is 908. The third kappa shape index (κ3) is 3.44. The molecule has 0 spiro atoms. The van der Waals surface area contributed by atoms with E-state index in [0.717, 1.165) is 16.8 Å². The lowest BCUT2D eigenvalue weighted by molar-refractivity contribution is -0.398. The monoisotopic (exact) mass is 369 g/mol. The van der Waals surface area contributed by atoms with Gasteiger partial charge in [-0.15, -0.1) is 0 Å². The van der Waals surface area contributed by atoms with Gasteiger partial charge in [-0.3, -0.25) is 10.1 Å². The molecule has 0 aliphatic carbocycles. The minimum Gasteiger partial charge on any atom is -0.868 e. The van der Waals surface area contributed by atoms with Crippen molar-refractivity contribution < 1.29 is 14.8 Å². The van der Waals surface area contributed by atoms with E-state index >= 15 is 0 Å². The largest absolute Gasteiger partial charge is 0.868 e. The van der Waals surface area contributed by atoms with E-state index in [9.17, 15) is 15.2 Å². The molecule has 1 N–H and O–H groups in total. The second kappa shape index (κ2) is 6.15. The van der Waals surface area contributed by atoms with Crippen LogP contribution in [0, 0.1) is 10.1 Å². The van der Waals surface area contributed by atoms with Gasteiger partial charge in [0, 0.05) is 17.2 Å². The Kier molecular flexibility index (Phi) is 4.33. The maximum Gasteiger partial charge on any atom is 0.262 e. The maximum atomic E-state index is 12.5. The lowest BCUT2D eigenvalue weighted by Gasteiger charge is -2.26. The average molecular weight is 369 g/mol. The van der Waals surface area contributed by atoms with Crippen LogP contribution in [0.1, 0.15) is 64.5 Å². The summed E-state index contributed by atoms with van der Waals surface area (Å²) < 4.78 is 6.10. The summed E-state index contributed by atoms with van der Waals surface area (Å²) in [5, 5.41) is 26.8. The van der Waals surface area contributed by atoms with Gasteiger partial charge in [-0.2, -0.15) is 0 Å². The van der Waals surface area contributed by atoms with Crippen molar-refractivity contribution in [1.82, 2.24) is 0 Å². The number of nitrogens with zero attached hydrogens (tertiary/aromatic N) is 1. The molecule has 0 fully saturated rings. The van der Waals surface area contributed by atoms with E-state index in [0.29, 0.717) is 5.75 Å². The van der Waals surface area contributed by atoms with Gasteiger partial charge < -0.3 is 15.2 Å². The highest BCUT2D eigenvalue weighted by Gasteiger charge is 2.33. The van der Waals surface area contributed by atoms with Gasteiger partial charge in [0.1, 0.15) is 5.75 Å². The molecule has 1 aliphatic heterocycles. The average Bonchev–Trinajstić information content (AvgIpc) is 2.95. The van der Waals surface area contributed by atoms with Crippen molar-refractivity contribution in [3.8, 4) is 11.5 Å². The van der Waals surface area contributed by atoms with Crippen molar-refractivity contribution in [2.75, 3.05) is 5.32 Å². The van der Waals surface area contributed by atoms with Crippen LogP contribution in [0.3, 0.4) is 0 Å². The molecule has 2 aromatic rings. The summed E-state index contributed by atoms with van der Waals surface area (Å²) >= 11 is 0. The lowest BCUT2D eigenvalue weighted by atomic mass is 9.80. The Balaban J connectivity index is 2.09. The van der Waals surface area contributed by atoms with Gasteiger partial charge in [0.2, 0.25) is 0 Å². The molecule has 3 rings (SSSR count). The van der Waals surface area contributed by atoms with Crippen LogP contribution in [0.2, 0.25) is 0 Å². The Morgan fingerprint density at radius 3 is 2.30 bits per heavy atom. The third-order valence-electron chi connectivity index (χ3n) is 4.79. The van der Waals surface area contributed by atoms with Gasteiger partial charge in [0.05, 0.1) is 10.6 Å². The fourth-order valence-electron chi connectivity index (χ4n) is 3.18. The number of benzene rings is 2. The van der Waals surface area contributed by atoms with Crippen LogP contribution in [-0.2, 0) is 10.8 Å². The highest BCUT2D eigenvalue weighted by atomic mass is 16.6. The predicted molar refractivity (Wildman–Crippen MR) is 103 cm³/mol. The number of ether oxygens (including phenoxy) is 1. The van der Waals surface area contributed by atoms with Crippen LogP contribution in [-0.4, -0.2) is 4.92 Å². The van der Waals surface area contributed by atoms with Crippen molar-refractivity contribution in [1.29, 1.82) is 0 Å². The number of nitro benzene ring substituents is 1. The van der Waals surface area contributed by atoms with Gasteiger partial charge in [-0.25, -0.2) is 0 Å². The number of rotatable bonds is 2. The van der Waals surface area contributed by atoms with Gasteiger partial charge in [0.15, 0.2) is 6.23 Å². The van der Waals surface area contributed by atoms with Crippen molar-refractivity contribution >= 4 is 11.4 Å². The molecule has 0 bridgehead atoms. The smallest absolute Gasteiger partial charge is 0.262 e. The summed E-state index contributed by atoms with van der Waals surface area (Å²) in [6.07, 6.45) is -0.747. The second-order valence-corrected chi connectivity index (χ2v) is 9.00. The first-order valence-corrected chi connectivity index (χ1v) is 8.96. The number of nitro groups is 1. The summed E-state index contributed by atoms with van der Waals surface area (Å²) in [5.74, 6) is 0.0764. The van der Waals surface area contributed by atoms with Crippen LogP contribution in [0.4, 0.5) is 11.4 Å². The summed E-state index contributed by atoms with van der Waals surface area (Å²) in [4.78, 5) is 10.4. The molecular weight excluding hydrogens is 344 g/mol. The zero-order valence-corrected chi connectivity index (χ0v) is 16.5. The van der Waals surface area contributed by atoms with Crippen LogP contribution in [0.15, 0.2) is 30.3 Å². The molecule has 27 heavy (non-hydrogen) atoms. The third-order valence-corrected chi connectivity index (χ3v) is 4.79. The molecule has 0 aromatic heterocycles. The van der Waals surface area contributed by atoms with Crippen molar-refractivity contribution in [2.45, 2.75) is 58.6 Å². The second-order valence-electron chi connectivity index (χ2n) is 9.00. The number of fused-ring (bicyclic) bond motifs is 1. The summed E-state index contributed by atoms with van der Waals surface area (Å²) in [5.41, 5.74) is 2.58. The fourth-order valence-corrected chi connectivity index (χ4v) is 3.18. The standard InChI is InChI=1S/C21H26N2O4/c1-20(2,3)12-10-14(21(4,5)6)18-15(11-12)22-19(27-18)13-8-7-9-16(17(13)24)23(25)26/h7-11,19,22,24H,1-6H3/p-1/t19-/m1/s1. The molecule has 0 saturated carbocycles. The molecule has 6 heteroatoms. The van der Waals surface area contributed by atoms with Crippen molar-refractivity contribution in [3.63, 3.8) is 0 Å². The molecule has 1 atom stereocenters. The van der Waals surface area contributed by atoms with Gasteiger partial charge in [-0.1, -0.05) is 59.7 Å². The number of hydrogen-bond donors (Lipinski definition) is 1. The van der Waals surface area contributed by atoms with Crippen LogP contribution in [0.25, 0.3) is 0 Å². The summed E-state index contributed by atoms with van der Waals surface area (Å²) in [6, 6.07) is 8.47. The fraction of sp³-hybridized carbons (Fsp3) is 0.429. The molecule has 2 aromatic carbocycles. The Labute approximate surface area is 159 Å². The SMILES string of the molecule is CC(C)(C)c1cc2c(c(C(C)(C)C)c1)O[C@H](c1cccc([N+](=O)[O-])c1[O-])N2. The topological polar surface area (TPSA) is 87.5 Å². The highest BCUT2D eigenvalue weighted by Crippen LogP contribution is 2.48. The molecule has 1 aliphatic rings. The van der Waals surface area contributed by atoms with E-state index in [4.69, 9.17) is 4.74 Å². The Morgan fingerprint density at radius 2 is 1.74 bits per heavy atom. The van der Waals surface area contributed by atoms with Crippen molar-refractivity contribution in [2.24, 2.45) is 0 Å². The summed E-state index contributed by atoms with van der Waals surface area (Å²) in [6.45, 7) is 12.8. The maximum absolute atomic E-state index is 12.5. The zero-order chi connectivity index (χ0) is 20.1. The van der Waals surface area contributed by atoms with Crippen LogP contribution < -0.4 is 15.2 Å². The number of hydrogen-bond acceptors (Lipinski definition) is 5. The first kappa shape index (κ1) is 19.0. The van der Waals surface area contributed by atoms with E-state index in [-0.39, 0.29) is 16.4 Å². The van der Waals surface area contributed by atoms with E-state index in [1.807, 2.05) is 6.07 Å². The zero-order valence-electron chi connectivity index (χ0n) is 16.5. The number of nitrogens with one attached hydrogen (secondary N) is 1. The van der Waals surface area contributed by atoms with E-state index in [1.165, 1.54) is 12.1 Å². The Hall–Kier alpha value is -2.76. The molecule has 0 amide bonds. The molecular formula is C21H25N2O4-. The van der Waals surface area contributed by atoms with Crippen molar-refractivity contribution in [3.05, 3.63) is 57.1 Å². The number of para-hydroxylation sites is 1. The van der Waals surface area contributed by atoms with Crippen LogP contribution in [0.5, 0.6) is 11.5 Å². The van der Waals surface area contributed by atoms with Gasteiger partial charge in [-0.05, 0) is 28.2 Å². The highest BCUT2D eigenvalue weighted by molar-refractivity contribution is 5.68. The molecule has 1 heterocycles. The quantitative estimate of drug-likeness (QED) is 0.609. The minimum atomic E-state index is -0.747. The van der Waals surface area contributed by atoms with E-state index in [1.54, 1.807) is 6.07 Å². The molecule has 144 valence electrons. The molecule has 0 saturated heterocycles. The summed E-state index contributed by atoms with van der Waals surface area (Å²) in [7, 11) is 0. The lowest BCUT2D eigenvalue weighted by Crippen LogP contribution is -2.17. The Morgan fingerprint density at radius 1 is 1.07 bits per heavy atom. The minimum absolute atomic E-state index is 0.0516. The van der Waals surface area contributed by atoms with Crippen LogP contribution >= 0.6 is 0 Å². The van der Waals surface area contributed by atoms with E-state index in [2.05, 4.69) is 52.9 Å². The van der Waals surface area contributed by atoms with Gasteiger partial charge >= 0.3 is 0 Å². The molecule has 6 nitrogen and oxygen atoms in total.